The molecule has 20 heavy (non-hydrogen) atoms. The summed E-state index contributed by atoms with van der Waals surface area (Å²) >= 11 is 0. The molecule has 0 radical (unpaired) electrons. The molecule has 0 aliphatic rings. The minimum atomic E-state index is -0.479. The summed E-state index contributed by atoms with van der Waals surface area (Å²) in [5.41, 5.74) is 0.432. The number of nitrogens with zero attached hydrogens (tertiary/aromatic N) is 2. The van der Waals surface area contributed by atoms with E-state index in [1.165, 1.54) is 29.2 Å². The van der Waals surface area contributed by atoms with Gasteiger partial charge in [0.2, 0.25) is 0 Å². The van der Waals surface area contributed by atoms with Gasteiger partial charge < -0.3 is 14.6 Å². The normalized spacial score (nSPS) is 10.7. The fourth-order valence-corrected chi connectivity index (χ4v) is 1.82. The molecule has 0 aliphatic heterocycles. The van der Waals surface area contributed by atoms with Crippen LogP contribution < -0.4 is 5.32 Å². The van der Waals surface area contributed by atoms with Crippen LogP contribution in [-0.4, -0.2) is 42.9 Å². The van der Waals surface area contributed by atoms with Gasteiger partial charge in [-0.25, -0.2) is 0 Å². The molecular formula is C13H15N3O4. The zero-order valence-corrected chi connectivity index (χ0v) is 11.3. The number of rotatable bonds is 5. The molecule has 2 rings (SSSR count). The molecule has 0 bridgehead atoms. The Balaban J connectivity index is 2.27. The monoisotopic (exact) mass is 277 g/mol. The van der Waals surface area contributed by atoms with E-state index in [0.717, 1.165) is 0 Å². The number of non-ortho nitro benzene ring substituents is 1. The van der Waals surface area contributed by atoms with Crippen molar-refractivity contribution in [3.8, 4) is 0 Å². The molecule has 0 saturated carbocycles. The lowest BCUT2D eigenvalue weighted by molar-refractivity contribution is -0.384. The molecule has 1 aromatic heterocycles. The number of amides is 1. The van der Waals surface area contributed by atoms with Gasteiger partial charge in [0.15, 0.2) is 5.76 Å². The van der Waals surface area contributed by atoms with Crippen molar-refractivity contribution in [3.05, 3.63) is 40.1 Å². The van der Waals surface area contributed by atoms with Crippen molar-refractivity contribution in [1.82, 2.24) is 10.2 Å². The number of nitro benzene ring substituents is 1. The second kappa shape index (κ2) is 5.70. The first kappa shape index (κ1) is 14.0. The molecule has 1 heterocycles. The number of carbonyl (C=O) groups is 1. The van der Waals surface area contributed by atoms with E-state index in [0.29, 0.717) is 24.1 Å². The predicted molar refractivity (Wildman–Crippen MR) is 73.8 cm³/mol. The third-order valence-corrected chi connectivity index (χ3v) is 2.97. The first-order valence-corrected chi connectivity index (χ1v) is 6.11. The van der Waals surface area contributed by atoms with Crippen LogP contribution in [0.4, 0.5) is 5.69 Å². The molecule has 2 aromatic rings. The van der Waals surface area contributed by atoms with Crippen molar-refractivity contribution in [3.63, 3.8) is 0 Å². The van der Waals surface area contributed by atoms with E-state index in [1.807, 2.05) is 0 Å². The number of furan rings is 1. The lowest BCUT2D eigenvalue weighted by Crippen LogP contribution is -2.32. The first-order valence-electron chi connectivity index (χ1n) is 6.11. The third kappa shape index (κ3) is 2.77. The highest BCUT2D eigenvalue weighted by atomic mass is 16.6. The van der Waals surface area contributed by atoms with Crippen molar-refractivity contribution in [2.75, 3.05) is 27.2 Å². The average Bonchev–Trinajstić information content (AvgIpc) is 2.86. The molecular weight excluding hydrogens is 262 g/mol. The standard InChI is InChI=1S/C13H15N3O4/c1-14-5-6-15(2)13(17)12-8-9-7-10(16(18)19)3-4-11(9)20-12/h3-4,7-8,14H,5-6H2,1-2H3. The Labute approximate surface area is 115 Å². The van der Waals surface area contributed by atoms with Crippen LogP contribution >= 0.6 is 0 Å². The van der Waals surface area contributed by atoms with Crippen molar-refractivity contribution in [2.24, 2.45) is 0 Å². The Morgan fingerprint density at radius 1 is 1.45 bits per heavy atom. The van der Waals surface area contributed by atoms with Gasteiger partial charge in [0.25, 0.3) is 11.6 Å². The molecule has 0 spiro atoms. The topological polar surface area (TPSA) is 88.6 Å². The molecule has 1 N–H and O–H groups in total. The van der Waals surface area contributed by atoms with Gasteiger partial charge in [-0.05, 0) is 19.2 Å². The van der Waals surface area contributed by atoms with E-state index < -0.39 is 4.92 Å². The highest BCUT2D eigenvalue weighted by Crippen LogP contribution is 2.24. The minimum absolute atomic E-state index is 0.0270. The number of likely N-dealkylation sites (N-methyl/N-ethyl adjacent to an activating group) is 2. The fraction of sp³-hybridized carbons (Fsp3) is 0.308. The van der Waals surface area contributed by atoms with Crippen molar-refractivity contribution in [2.45, 2.75) is 0 Å². The Morgan fingerprint density at radius 2 is 2.20 bits per heavy atom. The zero-order chi connectivity index (χ0) is 14.7. The number of benzene rings is 1. The number of hydrogen-bond donors (Lipinski definition) is 1. The maximum Gasteiger partial charge on any atom is 0.289 e. The molecule has 1 aromatic carbocycles. The summed E-state index contributed by atoms with van der Waals surface area (Å²) in [6.07, 6.45) is 0. The van der Waals surface area contributed by atoms with Crippen molar-refractivity contribution < 1.29 is 14.1 Å². The maximum absolute atomic E-state index is 12.1. The lowest BCUT2D eigenvalue weighted by Gasteiger charge is -2.14. The highest BCUT2D eigenvalue weighted by molar-refractivity contribution is 5.96. The summed E-state index contributed by atoms with van der Waals surface area (Å²) in [5.74, 6) is -0.0711. The fourth-order valence-electron chi connectivity index (χ4n) is 1.82. The molecule has 106 valence electrons. The van der Waals surface area contributed by atoms with Crippen LogP contribution in [-0.2, 0) is 0 Å². The highest BCUT2D eigenvalue weighted by Gasteiger charge is 2.17. The van der Waals surface area contributed by atoms with Crippen molar-refractivity contribution in [1.29, 1.82) is 0 Å². The van der Waals surface area contributed by atoms with Gasteiger partial charge in [-0.1, -0.05) is 0 Å². The van der Waals surface area contributed by atoms with Crippen LogP contribution in [0.15, 0.2) is 28.7 Å². The molecule has 0 atom stereocenters. The number of fused-ring (bicyclic) bond motifs is 1. The van der Waals surface area contributed by atoms with Gasteiger partial charge in [0.05, 0.1) is 4.92 Å². The van der Waals surface area contributed by atoms with E-state index >= 15 is 0 Å². The third-order valence-electron chi connectivity index (χ3n) is 2.97. The van der Waals surface area contributed by atoms with Gasteiger partial charge in [-0.2, -0.15) is 0 Å². The number of nitro groups is 1. The molecule has 0 aliphatic carbocycles. The van der Waals surface area contributed by atoms with Crippen LogP contribution in [0.1, 0.15) is 10.6 Å². The van der Waals surface area contributed by atoms with Crippen molar-refractivity contribution >= 4 is 22.6 Å². The molecule has 7 nitrogen and oxygen atoms in total. The second-order valence-electron chi connectivity index (χ2n) is 4.42. The minimum Gasteiger partial charge on any atom is -0.451 e. The maximum atomic E-state index is 12.1. The van der Waals surface area contributed by atoms with E-state index in [-0.39, 0.29) is 17.4 Å². The Morgan fingerprint density at radius 3 is 2.85 bits per heavy atom. The largest absolute Gasteiger partial charge is 0.451 e. The second-order valence-corrected chi connectivity index (χ2v) is 4.42. The quantitative estimate of drug-likeness (QED) is 0.662. The Bertz CT molecular complexity index is 650. The van der Waals surface area contributed by atoms with Gasteiger partial charge >= 0.3 is 0 Å². The van der Waals surface area contributed by atoms with Gasteiger partial charge in [0, 0.05) is 37.7 Å². The summed E-state index contributed by atoms with van der Waals surface area (Å²) in [6.45, 7) is 1.22. The number of nitrogens with one attached hydrogen (secondary N) is 1. The van der Waals surface area contributed by atoms with E-state index in [2.05, 4.69) is 5.32 Å². The SMILES string of the molecule is CNCCN(C)C(=O)c1cc2cc([N+](=O)[O-])ccc2o1. The van der Waals surface area contributed by atoms with Crippen LogP contribution in [0.5, 0.6) is 0 Å². The number of carbonyl (C=O) groups excluding carboxylic acids is 1. The smallest absolute Gasteiger partial charge is 0.289 e. The summed E-state index contributed by atoms with van der Waals surface area (Å²) < 4.78 is 5.43. The van der Waals surface area contributed by atoms with E-state index in [1.54, 1.807) is 14.1 Å². The molecule has 1 amide bonds. The average molecular weight is 277 g/mol. The van der Waals surface area contributed by atoms with Crippen LogP contribution in [0.3, 0.4) is 0 Å². The molecule has 0 unspecified atom stereocenters. The van der Waals surface area contributed by atoms with Crippen LogP contribution in [0.25, 0.3) is 11.0 Å². The summed E-state index contributed by atoms with van der Waals surface area (Å²) in [4.78, 5) is 23.9. The van der Waals surface area contributed by atoms with Gasteiger partial charge in [-0.3, -0.25) is 14.9 Å². The molecule has 0 fully saturated rings. The van der Waals surface area contributed by atoms with Crippen LogP contribution in [0, 0.1) is 10.1 Å². The molecule has 0 saturated heterocycles. The predicted octanol–water partition coefficient (Wildman–Crippen LogP) is 1.63. The first-order chi connectivity index (χ1) is 9.52. The van der Waals surface area contributed by atoms with Crippen LogP contribution in [0.2, 0.25) is 0 Å². The summed E-state index contributed by atoms with van der Waals surface area (Å²) in [7, 11) is 3.48. The Hall–Kier alpha value is -2.41. The summed E-state index contributed by atoms with van der Waals surface area (Å²) in [6, 6.07) is 5.77. The van der Waals surface area contributed by atoms with Gasteiger partial charge in [-0.15, -0.1) is 0 Å². The van der Waals surface area contributed by atoms with E-state index in [4.69, 9.17) is 4.42 Å². The lowest BCUT2D eigenvalue weighted by atomic mass is 10.2. The zero-order valence-electron chi connectivity index (χ0n) is 11.3. The Kier molecular flexibility index (Phi) is 3.99. The number of hydrogen-bond acceptors (Lipinski definition) is 5. The van der Waals surface area contributed by atoms with Gasteiger partial charge in [0.1, 0.15) is 5.58 Å². The summed E-state index contributed by atoms with van der Waals surface area (Å²) in [5, 5.41) is 14.2. The van der Waals surface area contributed by atoms with E-state index in [9.17, 15) is 14.9 Å². The molecule has 7 heteroatoms.